The van der Waals surface area contributed by atoms with E-state index in [0.29, 0.717) is 32.8 Å². The van der Waals surface area contributed by atoms with Crippen LogP contribution in [0.3, 0.4) is 0 Å². The van der Waals surface area contributed by atoms with Crippen LogP contribution in [0.25, 0.3) is 0 Å². The van der Waals surface area contributed by atoms with Crippen molar-refractivity contribution in [1.29, 1.82) is 0 Å². The Morgan fingerprint density at radius 3 is 2.28 bits per heavy atom. The van der Waals surface area contributed by atoms with Crippen LogP contribution >= 0.6 is 0 Å². The monoisotopic (exact) mass is 252 g/mol. The van der Waals surface area contributed by atoms with Crippen molar-refractivity contribution in [1.82, 2.24) is 9.80 Å². The normalized spacial score (nSPS) is 16.6. The zero-order valence-corrected chi connectivity index (χ0v) is 11.0. The number of allylic oxidation sites excluding steroid dienone is 3. The molecule has 5 heteroatoms. The van der Waals surface area contributed by atoms with E-state index in [1.54, 1.807) is 28.9 Å². The molecule has 0 saturated carbocycles. The van der Waals surface area contributed by atoms with Crippen LogP contribution in [-0.2, 0) is 9.53 Å². The van der Waals surface area contributed by atoms with Gasteiger partial charge in [0.2, 0.25) is 5.91 Å². The third-order valence-corrected chi connectivity index (χ3v) is 2.66. The first-order valence-corrected chi connectivity index (χ1v) is 6.19. The van der Waals surface area contributed by atoms with E-state index in [4.69, 9.17) is 4.74 Å². The molecule has 5 nitrogen and oxygen atoms in total. The lowest BCUT2D eigenvalue weighted by Crippen LogP contribution is -2.50. The third-order valence-electron chi connectivity index (χ3n) is 2.66. The molecule has 1 fully saturated rings. The predicted octanol–water partition coefficient (Wildman–Crippen LogP) is 1.42. The van der Waals surface area contributed by atoms with Crippen molar-refractivity contribution in [2.75, 3.05) is 32.8 Å². The van der Waals surface area contributed by atoms with Gasteiger partial charge in [-0.2, -0.15) is 0 Å². The van der Waals surface area contributed by atoms with Gasteiger partial charge in [0, 0.05) is 32.3 Å². The van der Waals surface area contributed by atoms with Gasteiger partial charge in [0.1, 0.15) is 0 Å². The van der Waals surface area contributed by atoms with Gasteiger partial charge in [-0.05, 0) is 13.8 Å². The number of hydrogen-bond acceptors (Lipinski definition) is 3. The number of carbonyl (C=O) groups is 2. The molecule has 0 aromatic rings. The maximum absolute atomic E-state index is 11.7. The van der Waals surface area contributed by atoms with Crippen LogP contribution in [0.15, 0.2) is 24.3 Å². The highest BCUT2D eigenvalue weighted by Crippen LogP contribution is 2.04. The summed E-state index contributed by atoms with van der Waals surface area (Å²) in [6.45, 7) is 6.22. The first-order valence-electron chi connectivity index (χ1n) is 6.19. The van der Waals surface area contributed by atoms with E-state index in [2.05, 4.69) is 0 Å². The molecule has 0 aliphatic carbocycles. The summed E-state index contributed by atoms with van der Waals surface area (Å²) in [4.78, 5) is 26.6. The average molecular weight is 252 g/mol. The fourth-order valence-electron chi connectivity index (χ4n) is 1.68. The number of carbonyl (C=O) groups excluding carboxylic acids is 2. The standard InChI is InChI=1S/C13H20N2O3/c1-3-5-6-7-12(16)14-8-10-15(11-9-14)13(17)18-4-2/h3,5-7H,4,8-11H2,1-2H3/b5-3+,7-6+. The van der Waals surface area contributed by atoms with Crippen molar-refractivity contribution >= 4 is 12.0 Å². The Bertz CT molecular complexity index is 342. The second kappa shape index (κ2) is 7.53. The van der Waals surface area contributed by atoms with E-state index < -0.39 is 0 Å². The van der Waals surface area contributed by atoms with Crippen LogP contribution in [0.1, 0.15) is 13.8 Å². The molecule has 2 amide bonds. The summed E-state index contributed by atoms with van der Waals surface area (Å²) in [5, 5.41) is 0. The van der Waals surface area contributed by atoms with Crippen LogP contribution in [0.5, 0.6) is 0 Å². The lowest BCUT2D eigenvalue weighted by atomic mass is 10.3. The number of amides is 2. The van der Waals surface area contributed by atoms with Gasteiger partial charge in [0.25, 0.3) is 0 Å². The molecule has 0 spiro atoms. The molecule has 0 unspecified atom stereocenters. The summed E-state index contributed by atoms with van der Waals surface area (Å²) in [6.07, 6.45) is 6.64. The van der Waals surface area contributed by atoms with Gasteiger partial charge in [-0.15, -0.1) is 0 Å². The van der Waals surface area contributed by atoms with Gasteiger partial charge in [0.15, 0.2) is 0 Å². The maximum Gasteiger partial charge on any atom is 0.409 e. The maximum atomic E-state index is 11.7. The molecule has 1 rings (SSSR count). The highest BCUT2D eigenvalue weighted by molar-refractivity contribution is 5.88. The Morgan fingerprint density at radius 1 is 1.11 bits per heavy atom. The summed E-state index contributed by atoms with van der Waals surface area (Å²) in [5.41, 5.74) is 0. The highest BCUT2D eigenvalue weighted by Gasteiger charge is 2.23. The zero-order chi connectivity index (χ0) is 13.4. The van der Waals surface area contributed by atoms with E-state index in [1.807, 2.05) is 19.1 Å². The van der Waals surface area contributed by atoms with Crippen molar-refractivity contribution < 1.29 is 14.3 Å². The van der Waals surface area contributed by atoms with Gasteiger partial charge in [-0.3, -0.25) is 4.79 Å². The molecule has 0 radical (unpaired) electrons. The molecule has 1 aliphatic rings. The third kappa shape index (κ3) is 4.24. The topological polar surface area (TPSA) is 49.9 Å². The Balaban J connectivity index is 2.39. The summed E-state index contributed by atoms with van der Waals surface area (Å²) in [5.74, 6) is -0.0170. The smallest absolute Gasteiger partial charge is 0.409 e. The minimum Gasteiger partial charge on any atom is -0.450 e. The molecule has 1 aliphatic heterocycles. The lowest BCUT2D eigenvalue weighted by Gasteiger charge is -2.33. The SMILES string of the molecule is C/C=C/C=C/C(=O)N1CCN(C(=O)OCC)CC1. The molecule has 0 aromatic carbocycles. The molecule has 1 heterocycles. The van der Waals surface area contributed by atoms with Gasteiger partial charge in [-0.25, -0.2) is 4.79 Å². The summed E-state index contributed by atoms with van der Waals surface area (Å²) in [7, 11) is 0. The van der Waals surface area contributed by atoms with Crippen LogP contribution in [-0.4, -0.2) is 54.6 Å². The van der Waals surface area contributed by atoms with E-state index >= 15 is 0 Å². The molecule has 0 bridgehead atoms. The van der Waals surface area contributed by atoms with Gasteiger partial charge in [0.05, 0.1) is 6.61 Å². The van der Waals surface area contributed by atoms with Crippen LogP contribution in [0, 0.1) is 0 Å². The fourth-order valence-corrected chi connectivity index (χ4v) is 1.68. The van der Waals surface area contributed by atoms with Gasteiger partial charge in [-0.1, -0.05) is 18.2 Å². The quantitative estimate of drug-likeness (QED) is 0.564. The van der Waals surface area contributed by atoms with Crippen LogP contribution in [0.2, 0.25) is 0 Å². The van der Waals surface area contributed by atoms with Crippen LogP contribution < -0.4 is 0 Å². The highest BCUT2D eigenvalue weighted by atomic mass is 16.6. The molecule has 0 N–H and O–H groups in total. The predicted molar refractivity (Wildman–Crippen MR) is 69.1 cm³/mol. The first-order chi connectivity index (χ1) is 8.69. The Hall–Kier alpha value is -1.78. The molecule has 0 aromatic heterocycles. The average Bonchev–Trinajstić information content (AvgIpc) is 2.39. The Kier molecular flexibility index (Phi) is 5.97. The van der Waals surface area contributed by atoms with E-state index in [1.165, 1.54) is 0 Å². The molecule has 0 atom stereocenters. The Morgan fingerprint density at radius 2 is 1.72 bits per heavy atom. The van der Waals surface area contributed by atoms with Gasteiger partial charge >= 0.3 is 6.09 Å². The molecule has 18 heavy (non-hydrogen) atoms. The van der Waals surface area contributed by atoms with E-state index in [-0.39, 0.29) is 12.0 Å². The number of rotatable bonds is 3. The zero-order valence-electron chi connectivity index (χ0n) is 11.0. The van der Waals surface area contributed by atoms with Crippen molar-refractivity contribution in [2.24, 2.45) is 0 Å². The summed E-state index contributed by atoms with van der Waals surface area (Å²) in [6, 6.07) is 0. The summed E-state index contributed by atoms with van der Waals surface area (Å²) >= 11 is 0. The largest absolute Gasteiger partial charge is 0.450 e. The second-order valence-electron chi connectivity index (χ2n) is 3.90. The molecule has 100 valence electrons. The Labute approximate surface area is 108 Å². The molecule has 1 saturated heterocycles. The number of hydrogen-bond donors (Lipinski definition) is 0. The molecular weight excluding hydrogens is 232 g/mol. The lowest BCUT2D eigenvalue weighted by molar-refractivity contribution is -0.127. The number of piperazine rings is 1. The minimum atomic E-state index is -0.297. The van der Waals surface area contributed by atoms with Crippen molar-refractivity contribution in [2.45, 2.75) is 13.8 Å². The number of ether oxygens (including phenoxy) is 1. The van der Waals surface area contributed by atoms with Gasteiger partial charge < -0.3 is 14.5 Å². The van der Waals surface area contributed by atoms with E-state index in [0.717, 1.165) is 0 Å². The van der Waals surface area contributed by atoms with Crippen LogP contribution in [0.4, 0.5) is 4.79 Å². The van der Waals surface area contributed by atoms with Crippen molar-refractivity contribution in [3.63, 3.8) is 0 Å². The fraction of sp³-hybridized carbons (Fsp3) is 0.538. The molecular formula is C13H20N2O3. The van der Waals surface area contributed by atoms with Crippen molar-refractivity contribution in [3.05, 3.63) is 24.3 Å². The first kappa shape index (κ1) is 14.3. The summed E-state index contributed by atoms with van der Waals surface area (Å²) < 4.78 is 4.92. The minimum absolute atomic E-state index is 0.0170. The van der Waals surface area contributed by atoms with E-state index in [9.17, 15) is 9.59 Å². The van der Waals surface area contributed by atoms with Crippen molar-refractivity contribution in [3.8, 4) is 0 Å². The second-order valence-corrected chi connectivity index (χ2v) is 3.90. The number of nitrogens with zero attached hydrogens (tertiary/aromatic N) is 2.